The molecule has 0 radical (unpaired) electrons. The fourth-order valence-corrected chi connectivity index (χ4v) is 6.32. The number of nitrogens with zero attached hydrogens (tertiary/aromatic N) is 1. The zero-order valence-corrected chi connectivity index (χ0v) is 15.6. The third kappa shape index (κ3) is 2.23. The van der Waals surface area contributed by atoms with Gasteiger partial charge in [-0.25, -0.2) is 0 Å². The summed E-state index contributed by atoms with van der Waals surface area (Å²) < 4.78 is 12.3. The lowest BCUT2D eigenvalue weighted by Crippen LogP contribution is -2.54. The number of carbonyl (C=O) groups is 1. The monoisotopic (exact) mass is 356 g/mol. The van der Waals surface area contributed by atoms with Gasteiger partial charge in [0.25, 0.3) is 0 Å². The lowest BCUT2D eigenvalue weighted by atomic mass is 9.53. The van der Waals surface area contributed by atoms with Gasteiger partial charge < -0.3 is 14.8 Å². The maximum atomic E-state index is 12.6. The molecule has 5 rings (SSSR count). The van der Waals surface area contributed by atoms with E-state index >= 15 is 0 Å². The number of esters is 1. The van der Waals surface area contributed by atoms with Crippen LogP contribution in [0.4, 0.5) is 0 Å². The molecule has 5 nitrogen and oxygen atoms in total. The lowest BCUT2D eigenvalue weighted by molar-refractivity contribution is -0.146. The predicted octanol–water partition coefficient (Wildman–Crippen LogP) is 2.70. The molecule has 140 valence electrons. The minimum atomic E-state index is -0.105. The fraction of sp³-hybridized carbons (Fsp3) is 0.714. The normalized spacial score (nSPS) is 46.1. The molecule has 4 aliphatic rings. The Bertz CT molecular complexity index is 710. The van der Waals surface area contributed by atoms with Crippen LogP contribution >= 0.6 is 0 Å². The van der Waals surface area contributed by atoms with Gasteiger partial charge in [0.2, 0.25) is 0 Å². The van der Waals surface area contributed by atoms with Crippen molar-refractivity contribution in [3.05, 3.63) is 30.1 Å². The highest BCUT2D eigenvalue weighted by Crippen LogP contribution is 2.70. The Morgan fingerprint density at radius 2 is 2.27 bits per heavy atom. The molecule has 0 unspecified atom stereocenters. The molecule has 1 N–H and O–H groups in total. The largest absolute Gasteiger partial charge is 0.462 e. The van der Waals surface area contributed by atoms with Gasteiger partial charge in [0.1, 0.15) is 11.7 Å². The maximum absolute atomic E-state index is 12.6. The van der Waals surface area contributed by atoms with E-state index in [0.717, 1.165) is 12.1 Å². The highest BCUT2D eigenvalue weighted by Gasteiger charge is 2.78. The van der Waals surface area contributed by atoms with Gasteiger partial charge in [0, 0.05) is 30.6 Å². The summed E-state index contributed by atoms with van der Waals surface area (Å²) in [5.74, 6) is 0.623. The molecular formula is C21H28N2O3. The van der Waals surface area contributed by atoms with Crippen LogP contribution in [0, 0.1) is 23.2 Å². The SMILES string of the molecule is C[C@@H]1CCC[C@@]2(C)C[C@H]3OC(=O)[C@H](CNCc4ccccn4)[C@@H]3[C@@H]3O[C@]132. The van der Waals surface area contributed by atoms with Crippen LogP contribution in [0.3, 0.4) is 0 Å². The van der Waals surface area contributed by atoms with Gasteiger partial charge in [0.05, 0.1) is 17.7 Å². The Morgan fingerprint density at radius 1 is 1.38 bits per heavy atom. The number of hydrogen-bond acceptors (Lipinski definition) is 5. The molecule has 7 atom stereocenters. The number of ether oxygens (including phenoxy) is 2. The van der Waals surface area contributed by atoms with Crippen LogP contribution < -0.4 is 5.32 Å². The molecule has 2 saturated carbocycles. The summed E-state index contributed by atoms with van der Waals surface area (Å²) in [6.45, 7) is 6.01. The summed E-state index contributed by atoms with van der Waals surface area (Å²) in [7, 11) is 0. The van der Waals surface area contributed by atoms with Crippen molar-refractivity contribution in [2.75, 3.05) is 6.54 Å². The van der Waals surface area contributed by atoms with Crippen LogP contribution in [0.15, 0.2) is 24.4 Å². The average molecular weight is 356 g/mol. The highest BCUT2D eigenvalue weighted by atomic mass is 16.6. The lowest BCUT2D eigenvalue weighted by Gasteiger charge is -2.48. The van der Waals surface area contributed by atoms with E-state index in [9.17, 15) is 4.79 Å². The van der Waals surface area contributed by atoms with E-state index in [1.54, 1.807) is 6.20 Å². The van der Waals surface area contributed by atoms with E-state index in [1.807, 2.05) is 18.2 Å². The van der Waals surface area contributed by atoms with E-state index in [1.165, 1.54) is 19.3 Å². The van der Waals surface area contributed by atoms with Crippen molar-refractivity contribution in [2.24, 2.45) is 23.2 Å². The molecule has 1 aromatic rings. The van der Waals surface area contributed by atoms with Gasteiger partial charge in [-0.3, -0.25) is 9.78 Å². The molecule has 26 heavy (non-hydrogen) atoms. The average Bonchev–Trinajstić information content (AvgIpc) is 3.30. The van der Waals surface area contributed by atoms with Crippen LogP contribution in [0.1, 0.15) is 45.2 Å². The Labute approximate surface area is 154 Å². The van der Waals surface area contributed by atoms with Crippen molar-refractivity contribution in [3.63, 3.8) is 0 Å². The Kier molecular flexibility index (Phi) is 3.70. The van der Waals surface area contributed by atoms with Crippen LogP contribution in [0.2, 0.25) is 0 Å². The van der Waals surface area contributed by atoms with E-state index in [0.29, 0.717) is 19.0 Å². The quantitative estimate of drug-likeness (QED) is 0.664. The van der Waals surface area contributed by atoms with E-state index < -0.39 is 0 Å². The first-order valence-electron chi connectivity index (χ1n) is 10.0. The Balaban J connectivity index is 1.32. The zero-order chi connectivity index (χ0) is 17.9. The molecule has 1 spiro atoms. The van der Waals surface area contributed by atoms with Gasteiger partial charge in [-0.1, -0.05) is 26.3 Å². The maximum Gasteiger partial charge on any atom is 0.311 e. The fourth-order valence-electron chi connectivity index (χ4n) is 6.32. The summed E-state index contributed by atoms with van der Waals surface area (Å²) in [5.41, 5.74) is 1.14. The number of carbonyl (C=O) groups excluding carboxylic acids is 1. The van der Waals surface area contributed by atoms with Crippen molar-refractivity contribution in [1.29, 1.82) is 0 Å². The number of nitrogens with one attached hydrogen (secondary N) is 1. The highest BCUT2D eigenvalue weighted by molar-refractivity contribution is 5.76. The molecule has 1 aromatic heterocycles. The molecule has 3 heterocycles. The van der Waals surface area contributed by atoms with Crippen molar-refractivity contribution >= 4 is 5.97 Å². The first-order chi connectivity index (χ1) is 12.6. The van der Waals surface area contributed by atoms with Crippen LogP contribution in [0.5, 0.6) is 0 Å². The second-order valence-electron chi connectivity index (χ2n) is 9.00. The van der Waals surface area contributed by atoms with Crippen molar-refractivity contribution in [3.8, 4) is 0 Å². The van der Waals surface area contributed by atoms with Crippen molar-refractivity contribution in [1.82, 2.24) is 10.3 Å². The number of pyridine rings is 1. The summed E-state index contributed by atoms with van der Waals surface area (Å²) in [5, 5.41) is 3.42. The van der Waals surface area contributed by atoms with Gasteiger partial charge in [-0.15, -0.1) is 0 Å². The second-order valence-corrected chi connectivity index (χ2v) is 9.00. The number of fused-ring (bicyclic) bond motifs is 2. The summed E-state index contributed by atoms with van der Waals surface area (Å²) in [6, 6.07) is 5.90. The number of rotatable bonds is 4. The Morgan fingerprint density at radius 3 is 3.08 bits per heavy atom. The third-order valence-corrected chi connectivity index (χ3v) is 7.59. The first kappa shape index (κ1) is 16.7. The number of epoxide rings is 1. The second kappa shape index (κ2) is 5.77. The molecule has 2 saturated heterocycles. The van der Waals surface area contributed by atoms with Gasteiger partial charge in [-0.05, 0) is 37.3 Å². The van der Waals surface area contributed by atoms with E-state index in [2.05, 4.69) is 24.1 Å². The molecule has 2 aliphatic heterocycles. The van der Waals surface area contributed by atoms with E-state index in [4.69, 9.17) is 9.47 Å². The summed E-state index contributed by atoms with van der Waals surface area (Å²) in [4.78, 5) is 16.9. The van der Waals surface area contributed by atoms with E-state index in [-0.39, 0.29) is 41.0 Å². The molecule has 4 fully saturated rings. The molecule has 0 bridgehead atoms. The van der Waals surface area contributed by atoms with Crippen molar-refractivity contribution < 1.29 is 14.3 Å². The topological polar surface area (TPSA) is 63.8 Å². The third-order valence-electron chi connectivity index (χ3n) is 7.59. The van der Waals surface area contributed by atoms with Gasteiger partial charge in [-0.2, -0.15) is 0 Å². The molecule has 2 aliphatic carbocycles. The minimum absolute atomic E-state index is 0.0143. The minimum Gasteiger partial charge on any atom is -0.462 e. The molecule has 5 heteroatoms. The standard InChI is InChI=1S/C21H28N2O3/c1-13-6-5-8-20(2)10-16-17(18-21(13,20)26-18)15(19(24)25-16)12-22-11-14-7-3-4-9-23-14/h3-4,7,9,13,15-18,22H,5-6,8,10-12H2,1-2H3/t13-,15-,16-,17+,18+,20+,21-/m1/s1. The van der Waals surface area contributed by atoms with Gasteiger partial charge >= 0.3 is 5.97 Å². The summed E-state index contributed by atoms with van der Waals surface area (Å²) >= 11 is 0. The molecular weight excluding hydrogens is 328 g/mol. The summed E-state index contributed by atoms with van der Waals surface area (Å²) in [6.07, 6.45) is 6.66. The van der Waals surface area contributed by atoms with Crippen LogP contribution in [0.25, 0.3) is 0 Å². The predicted molar refractivity (Wildman–Crippen MR) is 96.1 cm³/mol. The number of hydrogen-bond donors (Lipinski definition) is 1. The van der Waals surface area contributed by atoms with Crippen molar-refractivity contribution in [2.45, 2.75) is 63.9 Å². The smallest absolute Gasteiger partial charge is 0.311 e. The van der Waals surface area contributed by atoms with Crippen LogP contribution in [-0.2, 0) is 20.8 Å². The van der Waals surface area contributed by atoms with Gasteiger partial charge in [0.15, 0.2) is 0 Å². The molecule has 0 aromatic carbocycles. The van der Waals surface area contributed by atoms with Crippen LogP contribution in [-0.4, -0.2) is 35.3 Å². The zero-order valence-electron chi connectivity index (χ0n) is 15.6. The first-order valence-corrected chi connectivity index (χ1v) is 10.0. The number of aromatic nitrogens is 1. The Hall–Kier alpha value is -1.46. The molecule has 0 amide bonds.